The first-order valence-corrected chi connectivity index (χ1v) is 5.91. The maximum Gasteiger partial charge on any atom is 0.176 e. The van der Waals surface area contributed by atoms with Crippen LogP contribution in [0.2, 0.25) is 0 Å². The lowest BCUT2D eigenvalue weighted by atomic mass is 10.1. The first-order chi connectivity index (χ1) is 7.70. The first-order valence-electron chi connectivity index (χ1n) is 5.91. The van der Waals surface area contributed by atoms with E-state index in [9.17, 15) is 0 Å². The van der Waals surface area contributed by atoms with Crippen LogP contribution < -0.4 is 0 Å². The molecule has 0 aliphatic heterocycles. The van der Waals surface area contributed by atoms with Crippen LogP contribution in [0.1, 0.15) is 51.6 Å². The lowest BCUT2D eigenvalue weighted by molar-refractivity contribution is 0.658. The van der Waals surface area contributed by atoms with Crippen molar-refractivity contribution in [1.29, 1.82) is 0 Å². The Hall–Kier alpha value is -1.45. The van der Waals surface area contributed by atoms with E-state index in [4.69, 9.17) is 0 Å². The summed E-state index contributed by atoms with van der Waals surface area (Å²) in [7, 11) is 0. The van der Waals surface area contributed by atoms with E-state index in [2.05, 4.69) is 29.0 Å². The molecule has 4 nitrogen and oxygen atoms in total. The fourth-order valence-electron chi connectivity index (χ4n) is 1.37. The Balaban J connectivity index is 0.000000606. The molecule has 2 aromatic heterocycles. The van der Waals surface area contributed by atoms with Gasteiger partial charge in [-0.25, -0.2) is 4.98 Å². The van der Waals surface area contributed by atoms with E-state index in [1.807, 2.05) is 32.9 Å². The third-order valence-electron chi connectivity index (χ3n) is 2.45. The van der Waals surface area contributed by atoms with E-state index in [-0.39, 0.29) is 0 Å². The van der Waals surface area contributed by atoms with E-state index in [1.54, 1.807) is 4.63 Å². The highest BCUT2D eigenvalue weighted by molar-refractivity contribution is 5.35. The van der Waals surface area contributed by atoms with Crippen molar-refractivity contribution in [2.24, 2.45) is 0 Å². The van der Waals surface area contributed by atoms with Gasteiger partial charge in [0.2, 0.25) is 0 Å². The zero-order valence-electron chi connectivity index (χ0n) is 10.7. The minimum Gasteiger partial charge on any atom is -0.210 e. The third kappa shape index (κ3) is 2.56. The molecule has 1 unspecified atom stereocenters. The molecule has 2 heterocycles. The summed E-state index contributed by atoms with van der Waals surface area (Å²) < 4.78 is 1.61. The molecule has 0 aliphatic carbocycles. The molecule has 0 amide bonds. The molecule has 0 saturated carbocycles. The maximum atomic E-state index is 4.41. The molecule has 1 atom stereocenters. The summed E-state index contributed by atoms with van der Waals surface area (Å²) >= 11 is 0. The maximum absolute atomic E-state index is 4.41. The fraction of sp³-hybridized carbons (Fsp3) is 0.583. The van der Waals surface area contributed by atoms with E-state index in [1.165, 1.54) is 0 Å². The molecule has 4 heteroatoms. The van der Waals surface area contributed by atoms with Crippen LogP contribution in [0.4, 0.5) is 0 Å². The number of aryl methyl sites for hydroxylation is 1. The van der Waals surface area contributed by atoms with Gasteiger partial charge in [0.05, 0.1) is 5.69 Å². The Labute approximate surface area is 96.7 Å². The summed E-state index contributed by atoms with van der Waals surface area (Å²) in [6.07, 6.45) is 1.09. The van der Waals surface area contributed by atoms with E-state index >= 15 is 0 Å². The SMILES string of the molecule is CC.CCC(C)c1ccc2nc(C)nn2n1. The second-order valence-electron chi connectivity index (χ2n) is 3.57. The summed E-state index contributed by atoms with van der Waals surface area (Å²) in [4.78, 5) is 4.23. The summed E-state index contributed by atoms with van der Waals surface area (Å²) in [6, 6.07) is 3.99. The average Bonchev–Trinajstić information content (AvgIpc) is 2.69. The summed E-state index contributed by atoms with van der Waals surface area (Å²) in [5, 5.41) is 8.59. The molecule has 2 rings (SSSR count). The molecule has 0 N–H and O–H groups in total. The van der Waals surface area contributed by atoms with Crippen LogP contribution in [0.5, 0.6) is 0 Å². The highest BCUT2D eigenvalue weighted by Crippen LogP contribution is 2.15. The highest BCUT2D eigenvalue weighted by atomic mass is 15.4. The van der Waals surface area contributed by atoms with Gasteiger partial charge >= 0.3 is 0 Å². The molecule has 0 saturated heterocycles. The Bertz CT molecular complexity index is 447. The van der Waals surface area contributed by atoms with Crippen molar-refractivity contribution in [3.05, 3.63) is 23.7 Å². The second-order valence-corrected chi connectivity index (χ2v) is 3.57. The van der Waals surface area contributed by atoms with Crippen LogP contribution in [0, 0.1) is 6.92 Å². The van der Waals surface area contributed by atoms with Gasteiger partial charge in [0, 0.05) is 0 Å². The largest absolute Gasteiger partial charge is 0.210 e. The number of hydrogen-bond acceptors (Lipinski definition) is 3. The summed E-state index contributed by atoms with van der Waals surface area (Å²) in [5.74, 6) is 1.24. The van der Waals surface area contributed by atoms with E-state index < -0.39 is 0 Å². The van der Waals surface area contributed by atoms with Crippen molar-refractivity contribution in [1.82, 2.24) is 19.8 Å². The standard InChI is InChI=1S/C10H14N4.C2H6/c1-4-7(2)9-5-6-10-11-8(3)12-14(10)13-9;1-2/h5-7H,4H2,1-3H3;1-2H3. The van der Waals surface area contributed by atoms with E-state index in [0.717, 1.165) is 23.6 Å². The van der Waals surface area contributed by atoms with Crippen LogP contribution in [-0.2, 0) is 0 Å². The van der Waals surface area contributed by atoms with Gasteiger partial charge < -0.3 is 0 Å². The van der Waals surface area contributed by atoms with Gasteiger partial charge in [-0.3, -0.25) is 0 Å². The molecule has 0 radical (unpaired) electrons. The highest BCUT2D eigenvalue weighted by Gasteiger charge is 2.07. The Morgan fingerprint density at radius 1 is 1.25 bits per heavy atom. The molecule has 2 aromatic rings. The van der Waals surface area contributed by atoms with Gasteiger partial charge in [-0.1, -0.05) is 27.7 Å². The predicted molar refractivity (Wildman–Crippen MR) is 65.6 cm³/mol. The van der Waals surface area contributed by atoms with Crippen molar-refractivity contribution < 1.29 is 0 Å². The van der Waals surface area contributed by atoms with Gasteiger partial charge in [-0.05, 0) is 31.4 Å². The second kappa shape index (κ2) is 5.58. The van der Waals surface area contributed by atoms with Crippen molar-refractivity contribution in [3.63, 3.8) is 0 Å². The number of fused-ring (bicyclic) bond motifs is 1. The Morgan fingerprint density at radius 2 is 1.94 bits per heavy atom. The lowest BCUT2D eigenvalue weighted by Crippen LogP contribution is -2.02. The minimum atomic E-state index is 0.476. The van der Waals surface area contributed by atoms with Crippen LogP contribution >= 0.6 is 0 Å². The molecule has 0 spiro atoms. The lowest BCUT2D eigenvalue weighted by Gasteiger charge is -2.06. The van der Waals surface area contributed by atoms with Gasteiger partial charge in [-0.15, -0.1) is 9.73 Å². The molecule has 16 heavy (non-hydrogen) atoms. The van der Waals surface area contributed by atoms with Crippen LogP contribution in [0.3, 0.4) is 0 Å². The average molecular weight is 220 g/mol. The quantitative estimate of drug-likeness (QED) is 0.781. The van der Waals surface area contributed by atoms with Crippen molar-refractivity contribution in [2.75, 3.05) is 0 Å². The normalized spacial score (nSPS) is 12.1. The van der Waals surface area contributed by atoms with Gasteiger partial charge in [0.25, 0.3) is 0 Å². The molecule has 0 aliphatic rings. The minimum absolute atomic E-state index is 0.476. The smallest absolute Gasteiger partial charge is 0.176 e. The number of nitrogens with zero attached hydrogens (tertiary/aromatic N) is 4. The van der Waals surface area contributed by atoms with Crippen LogP contribution in [0.15, 0.2) is 12.1 Å². The van der Waals surface area contributed by atoms with Gasteiger partial charge in [-0.2, -0.15) is 5.10 Å². The van der Waals surface area contributed by atoms with Crippen molar-refractivity contribution in [3.8, 4) is 0 Å². The van der Waals surface area contributed by atoms with Gasteiger partial charge in [0.15, 0.2) is 5.65 Å². The predicted octanol–water partition coefficient (Wildman–Crippen LogP) is 2.97. The number of aromatic nitrogens is 4. The zero-order valence-corrected chi connectivity index (χ0v) is 10.7. The molecular formula is C12H20N4. The topological polar surface area (TPSA) is 43.1 Å². The van der Waals surface area contributed by atoms with Crippen LogP contribution in [0.25, 0.3) is 5.65 Å². The molecule has 0 aromatic carbocycles. The zero-order chi connectivity index (χ0) is 12.1. The third-order valence-corrected chi connectivity index (χ3v) is 2.45. The fourth-order valence-corrected chi connectivity index (χ4v) is 1.37. The number of rotatable bonds is 2. The summed E-state index contributed by atoms with van der Waals surface area (Å²) in [6.45, 7) is 10.2. The Morgan fingerprint density at radius 3 is 2.56 bits per heavy atom. The Kier molecular flexibility index (Phi) is 4.40. The first kappa shape index (κ1) is 12.6. The molecule has 0 bridgehead atoms. The van der Waals surface area contributed by atoms with Gasteiger partial charge in [0.1, 0.15) is 5.82 Å². The molecule has 88 valence electrons. The van der Waals surface area contributed by atoms with E-state index in [0.29, 0.717) is 5.92 Å². The summed E-state index contributed by atoms with van der Waals surface area (Å²) in [5.41, 5.74) is 1.89. The molecular weight excluding hydrogens is 200 g/mol. The van der Waals surface area contributed by atoms with Crippen LogP contribution in [-0.4, -0.2) is 19.8 Å². The molecule has 0 fully saturated rings. The van der Waals surface area contributed by atoms with Crippen molar-refractivity contribution >= 4 is 5.65 Å². The van der Waals surface area contributed by atoms with Crippen molar-refractivity contribution in [2.45, 2.75) is 47.0 Å². The monoisotopic (exact) mass is 220 g/mol. The number of hydrogen-bond donors (Lipinski definition) is 0.